The molecule has 1 aliphatic rings. The van der Waals surface area contributed by atoms with Gasteiger partial charge < -0.3 is 15.5 Å². The van der Waals surface area contributed by atoms with Crippen LogP contribution in [0.3, 0.4) is 0 Å². The summed E-state index contributed by atoms with van der Waals surface area (Å²) in [6, 6.07) is 21.6. The number of nitrogens with zero attached hydrogens (tertiary/aromatic N) is 3. The molecular formula is C34H41N5O4. The van der Waals surface area contributed by atoms with Crippen molar-refractivity contribution in [1.29, 1.82) is 0 Å². The zero-order chi connectivity index (χ0) is 31.1. The standard InChI is InChI=1S/C34H41N5O4/c1-34(2,35)19-10-15-31(41)37(3)28(23-25-16-17-26-13-8-9-14-27(26)21-25)32(42)38(4)29(22-24-11-6-5-7-12-24)33(43)39-20-18-30(40)36-39/h5-17,21,28-29H,18-20,22-23,35H2,1-4H3,(H,36,40)/b15-10+/t28-,29-/m1/s1. The minimum Gasteiger partial charge on any atom is -0.332 e. The van der Waals surface area contributed by atoms with Gasteiger partial charge in [0.05, 0.1) is 6.54 Å². The third-order valence-corrected chi connectivity index (χ3v) is 7.71. The van der Waals surface area contributed by atoms with Crippen molar-refractivity contribution in [3.05, 3.63) is 96.1 Å². The number of likely N-dealkylation sites (N-methyl/N-ethyl adjacent to an activating group) is 2. The van der Waals surface area contributed by atoms with E-state index < -0.39 is 17.6 Å². The highest BCUT2D eigenvalue weighted by atomic mass is 16.2. The molecule has 1 fully saturated rings. The molecule has 0 radical (unpaired) electrons. The maximum Gasteiger partial charge on any atom is 0.264 e. The van der Waals surface area contributed by atoms with Crippen LogP contribution in [0.15, 0.2) is 84.9 Å². The molecule has 1 heterocycles. The SMILES string of the molecule is CN(C(=O)/C=C/CC(C)(C)N)[C@H](Cc1ccc2ccccc2c1)C(=O)N(C)[C@H](Cc1ccccc1)C(=O)N1CCC(=O)N1. The number of carbonyl (C=O) groups is 4. The molecule has 0 unspecified atom stereocenters. The van der Waals surface area contributed by atoms with E-state index >= 15 is 0 Å². The van der Waals surface area contributed by atoms with Crippen molar-refractivity contribution in [3.63, 3.8) is 0 Å². The molecule has 3 aromatic rings. The summed E-state index contributed by atoms with van der Waals surface area (Å²) >= 11 is 0. The Morgan fingerprint density at radius 1 is 0.907 bits per heavy atom. The number of hydrogen-bond acceptors (Lipinski definition) is 5. The fourth-order valence-corrected chi connectivity index (χ4v) is 5.15. The van der Waals surface area contributed by atoms with Crippen LogP contribution < -0.4 is 11.2 Å². The molecule has 2 atom stereocenters. The van der Waals surface area contributed by atoms with Crippen LogP contribution in [0, 0.1) is 0 Å². The molecule has 43 heavy (non-hydrogen) atoms. The van der Waals surface area contributed by atoms with Gasteiger partial charge in [-0.05, 0) is 48.2 Å². The Hall–Kier alpha value is -4.50. The lowest BCUT2D eigenvalue weighted by Crippen LogP contribution is -2.57. The van der Waals surface area contributed by atoms with Crippen LogP contribution in [0.2, 0.25) is 0 Å². The molecule has 3 aromatic carbocycles. The number of amides is 4. The minimum absolute atomic E-state index is 0.204. The first-order chi connectivity index (χ1) is 20.4. The summed E-state index contributed by atoms with van der Waals surface area (Å²) in [5, 5.41) is 3.38. The highest BCUT2D eigenvalue weighted by molar-refractivity contribution is 5.96. The van der Waals surface area contributed by atoms with Crippen LogP contribution in [0.25, 0.3) is 10.8 Å². The maximum atomic E-state index is 14.3. The first kappa shape index (κ1) is 31.4. The molecule has 226 valence electrons. The Balaban J connectivity index is 1.66. The second kappa shape index (κ2) is 13.6. The summed E-state index contributed by atoms with van der Waals surface area (Å²) in [4.78, 5) is 56.2. The Labute approximate surface area is 253 Å². The van der Waals surface area contributed by atoms with Crippen LogP contribution >= 0.6 is 0 Å². The van der Waals surface area contributed by atoms with Gasteiger partial charge >= 0.3 is 0 Å². The zero-order valence-corrected chi connectivity index (χ0v) is 25.3. The van der Waals surface area contributed by atoms with E-state index in [-0.39, 0.29) is 49.4 Å². The van der Waals surface area contributed by atoms with Crippen molar-refractivity contribution in [1.82, 2.24) is 20.2 Å². The Bertz CT molecular complexity index is 1500. The van der Waals surface area contributed by atoms with Crippen molar-refractivity contribution in [3.8, 4) is 0 Å². The van der Waals surface area contributed by atoms with Gasteiger partial charge in [0.1, 0.15) is 12.1 Å². The molecule has 9 nitrogen and oxygen atoms in total. The van der Waals surface area contributed by atoms with E-state index in [1.807, 2.05) is 86.6 Å². The number of carbonyl (C=O) groups excluding carboxylic acids is 4. The van der Waals surface area contributed by atoms with Crippen molar-refractivity contribution in [2.75, 3.05) is 20.6 Å². The fraction of sp³-hybridized carbons (Fsp3) is 0.353. The molecule has 9 heteroatoms. The Morgan fingerprint density at radius 2 is 1.56 bits per heavy atom. The predicted octanol–water partition coefficient (Wildman–Crippen LogP) is 3.23. The van der Waals surface area contributed by atoms with Crippen molar-refractivity contribution in [2.24, 2.45) is 5.73 Å². The summed E-state index contributed by atoms with van der Waals surface area (Å²) in [7, 11) is 3.19. The minimum atomic E-state index is -0.899. The first-order valence-corrected chi connectivity index (χ1v) is 14.5. The smallest absolute Gasteiger partial charge is 0.264 e. The Kier molecular flexibility index (Phi) is 9.98. The van der Waals surface area contributed by atoms with Gasteiger partial charge in [-0.3, -0.25) is 29.6 Å². The van der Waals surface area contributed by atoms with E-state index in [9.17, 15) is 19.2 Å². The second-order valence-corrected chi connectivity index (χ2v) is 11.9. The van der Waals surface area contributed by atoms with E-state index in [4.69, 9.17) is 5.73 Å². The normalized spacial score (nSPS) is 14.9. The summed E-state index contributed by atoms with van der Waals surface area (Å²) < 4.78 is 0. The first-order valence-electron chi connectivity index (χ1n) is 14.5. The van der Waals surface area contributed by atoms with E-state index in [0.29, 0.717) is 6.42 Å². The molecule has 0 spiro atoms. The molecule has 3 N–H and O–H groups in total. The van der Waals surface area contributed by atoms with E-state index in [0.717, 1.165) is 21.9 Å². The van der Waals surface area contributed by atoms with Crippen molar-refractivity contribution in [2.45, 2.75) is 57.2 Å². The number of benzene rings is 3. The number of nitrogens with two attached hydrogens (primary N) is 1. The maximum absolute atomic E-state index is 14.3. The fourth-order valence-electron chi connectivity index (χ4n) is 5.15. The number of hydrogen-bond donors (Lipinski definition) is 2. The van der Waals surface area contributed by atoms with Gasteiger partial charge in [-0.2, -0.15) is 0 Å². The van der Waals surface area contributed by atoms with Gasteiger partial charge in [-0.25, -0.2) is 0 Å². The lowest BCUT2D eigenvalue weighted by Gasteiger charge is -2.35. The summed E-state index contributed by atoms with van der Waals surface area (Å²) in [5.74, 6) is -1.34. The number of rotatable bonds is 11. The summed E-state index contributed by atoms with van der Waals surface area (Å²) in [6.45, 7) is 3.98. The number of hydrazine groups is 1. The van der Waals surface area contributed by atoms with Gasteiger partial charge in [0.2, 0.25) is 17.7 Å². The van der Waals surface area contributed by atoms with E-state index in [2.05, 4.69) is 5.43 Å². The summed E-state index contributed by atoms with van der Waals surface area (Å²) in [5.41, 5.74) is 9.95. The zero-order valence-electron chi connectivity index (χ0n) is 25.3. The van der Waals surface area contributed by atoms with Crippen LogP contribution in [0.1, 0.15) is 37.8 Å². The molecular weight excluding hydrogens is 542 g/mol. The number of fused-ring (bicyclic) bond motifs is 1. The van der Waals surface area contributed by atoms with Crippen LogP contribution in [-0.4, -0.2) is 76.7 Å². The van der Waals surface area contributed by atoms with Gasteiger partial charge in [-0.1, -0.05) is 78.9 Å². The van der Waals surface area contributed by atoms with Gasteiger partial charge in [0, 0.05) is 38.9 Å². The molecule has 0 aliphatic carbocycles. The molecule has 1 aliphatic heterocycles. The third-order valence-electron chi connectivity index (χ3n) is 7.71. The van der Waals surface area contributed by atoms with Crippen LogP contribution in [-0.2, 0) is 32.0 Å². The quantitative estimate of drug-likeness (QED) is 0.337. The topological polar surface area (TPSA) is 116 Å². The van der Waals surface area contributed by atoms with Gasteiger partial charge in [0.15, 0.2) is 0 Å². The molecule has 1 saturated heterocycles. The van der Waals surface area contributed by atoms with Crippen molar-refractivity contribution >= 4 is 34.4 Å². The molecule has 4 rings (SSSR count). The average Bonchev–Trinajstić information content (AvgIpc) is 3.43. The average molecular weight is 584 g/mol. The van der Waals surface area contributed by atoms with Gasteiger partial charge in [0.25, 0.3) is 5.91 Å². The largest absolute Gasteiger partial charge is 0.332 e. The highest BCUT2D eigenvalue weighted by Crippen LogP contribution is 2.21. The summed E-state index contributed by atoms with van der Waals surface area (Å²) in [6.07, 6.45) is 4.36. The highest BCUT2D eigenvalue weighted by Gasteiger charge is 2.38. The van der Waals surface area contributed by atoms with Crippen molar-refractivity contribution < 1.29 is 19.2 Å². The third kappa shape index (κ3) is 8.29. The van der Waals surface area contributed by atoms with Gasteiger partial charge in [-0.15, -0.1) is 0 Å². The lowest BCUT2D eigenvalue weighted by molar-refractivity contribution is -0.150. The predicted molar refractivity (Wildman–Crippen MR) is 167 cm³/mol. The molecule has 0 saturated carbocycles. The number of nitrogens with one attached hydrogen (secondary N) is 1. The second-order valence-electron chi connectivity index (χ2n) is 11.9. The Morgan fingerprint density at radius 3 is 2.21 bits per heavy atom. The van der Waals surface area contributed by atoms with Crippen LogP contribution in [0.4, 0.5) is 0 Å². The molecule has 4 amide bonds. The lowest BCUT2D eigenvalue weighted by atomic mass is 9.98. The van der Waals surface area contributed by atoms with E-state index in [1.54, 1.807) is 20.2 Å². The molecule has 0 aromatic heterocycles. The van der Waals surface area contributed by atoms with Crippen LogP contribution in [0.5, 0.6) is 0 Å². The monoisotopic (exact) mass is 583 g/mol. The molecule has 0 bridgehead atoms. The van der Waals surface area contributed by atoms with E-state index in [1.165, 1.54) is 20.9 Å².